The molecule has 2 aromatic heterocycles. The van der Waals surface area contributed by atoms with Crippen molar-refractivity contribution in [3.05, 3.63) is 83.4 Å². The highest BCUT2D eigenvalue weighted by molar-refractivity contribution is 6.31. The number of hydrogen-bond donors (Lipinski definition) is 0. The second kappa shape index (κ2) is 6.45. The fourth-order valence-electron chi connectivity index (χ4n) is 2.10. The Kier molecular flexibility index (Phi) is 4.21. The standard InChI is InChI=1S/C17H13ClN2O2/c18-14-7-2-1-6-13(14)12-20(16-9-3-4-10-19-16)17(21)15-8-5-11-22-15/h1-11H,12H2. The Morgan fingerprint density at radius 2 is 1.91 bits per heavy atom. The van der Waals surface area contributed by atoms with Crippen molar-refractivity contribution in [3.8, 4) is 0 Å². The van der Waals surface area contributed by atoms with Crippen molar-refractivity contribution in [1.29, 1.82) is 0 Å². The van der Waals surface area contributed by atoms with Crippen LogP contribution in [0.4, 0.5) is 5.82 Å². The zero-order chi connectivity index (χ0) is 15.4. The van der Waals surface area contributed by atoms with Gasteiger partial charge in [-0.1, -0.05) is 35.9 Å². The van der Waals surface area contributed by atoms with Gasteiger partial charge in [0.25, 0.3) is 5.91 Å². The third-order valence-electron chi connectivity index (χ3n) is 3.19. The van der Waals surface area contributed by atoms with E-state index in [1.807, 2.05) is 24.3 Å². The molecule has 0 N–H and O–H groups in total. The van der Waals surface area contributed by atoms with E-state index in [-0.39, 0.29) is 11.7 Å². The minimum absolute atomic E-state index is 0.261. The Bertz CT molecular complexity index is 757. The molecule has 5 heteroatoms. The molecule has 0 saturated heterocycles. The molecule has 1 amide bonds. The van der Waals surface area contributed by atoms with Gasteiger partial charge in [-0.05, 0) is 35.9 Å². The minimum Gasteiger partial charge on any atom is -0.459 e. The highest BCUT2D eigenvalue weighted by atomic mass is 35.5. The zero-order valence-corrected chi connectivity index (χ0v) is 12.4. The van der Waals surface area contributed by atoms with Crippen molar-refractivity contribution in [3.63, 3.8) is 0 Å². The van der Waals surface area contributed by atoms with Gasteiger partial charge in [0.05, 0.1) is 12.8 Å². The fraction of sp³-hybridized carbons (Fsp3) is 0.0588. The van der Waals surface area contributed by atoms with E-state index in [0.29, 0.717) is 17.4 Å². The van der Waals surface area contributed by atoms with Crippen LogP contribution in [-0.2, 0) is 6.54 Å². The largest absolute Gasteiger partial charge is 0.459 e. The molecular weight excluding hydrogens is 300 g/mol. The number of amides is 1. The molecule has 4 nitrogen and oxygen atoms in total. The van der Waals surface area contributed by atoms with E-state index in [0.717, 1.165) is 5.56 Å². The van der Waals surface area contributed by atoms with Crippen molar-refractivity contribution in [2.75, 3.05) is 4.90 Å². The van der Waals surface area contributed by atoms with E-state index >= 15 is 0 Å². The molecule has 0 aliphatic rings. The number of carbonyl (C=O) groups excluding carboxylic acids is 1. The van der Waals surface area contributed by atoms with Crippen molar-refractivity contribution in [2.45, 2.75) is 6.54 Å². The maximum Gasteiger partial charge on any atom is 0.295 e. The first-order chi connectivity index (χ1) is 10.8. The maximum atomic E-state index is 12.7. The first kappa shape index (κ1) is 14.4. The molecule has 0 atom stereocenters. The van der Waals surface area contributed by atoms with Gasteiger partial charge in [0.15, 0.2) is 5.76 Å². The predicted octanol–water partition coefficient (Wildman–Crippen LogP) is 4.18. The number of furan rings is 1. The van der Waals surface area contributed by atoms with Crippen molar-refractivity contribution < 1.29 is 9.21 Å². The molecule has 0 bridgehead atoms. The first-order valence-corrected chi connectivity index (χ1v) is 7.13. The van der Waals surface area contributed by atoms with Crippen LogP contribution >= 0.6 is 11.6 Å². The van der Waals surface area contributed by atoms with Gasteiger partial charge >= 0.3 is 0 Å². The number of rotatable bonds is 4. The minimum atomic E-state index is -0.261. The molecule has 3 rings (SSSR count). The lowest BCUT2D eigenvalue weighted by Gasteiger charge is -2.21. The van der Waals surface area contributed by atoms with Crippen LogP contribution in [0, 0.1) is 0 Å². The van der Waals surface area contributed by atoms with Crippen LogP contribution in [0.1, 0.15) is 16.1 Å². The average molecular weight is 313 g/mol. The van der Waals surface area contributed by atoms with E-state index in [1.165, 1.54) is 6.26 Å². The fourth-order valence-corrected chi connectivity index (χ4v) is 2.30. The van der Waals surface area contributed by atoms with Crippen LogP contribution < -0.4 is 4.90 Å². The van der Waals surface area contributed by atoms with E-state index in [2.05, 4.69) is 4.98 Å². The topological polar surface area (TPSA) is 46.3 Å². The summed E-state index contributed by atoms with van der Waals surface area (Å²) < 4.78 is 5.21. The summed E-state index contributed by atoms with van der Waals surface area (Å²) in [6.07, 6.45) is 3.11. The highest BCUT2D eigenvalue weighted by Gasteiger charge is 2.22. The third kappa shape index (κ3) is 3.02. The summed E-state index contributed by atoms with van der Waals surface area (Å²) in [6.45, 7) is 0.316. The van der Waals surface area contributed by atoms with E-state index in [1.54, 1.807) is 41.4 Å². The number of halogens is 1. The summed E-state index contributed by atoms with van der Waals surface area (Å²) in [5.74, 6) is 0.546. The van der Waals surface area contributed by atoms with Gasteiger partial charge in [-0.3, -0.25) is 9.69 Å². The van der Waals surface area contributed by atoms with Gasteiger partial charge in [0, 0.05) is 11.2 Å². The summed E-state index contributed by atoms with van der Waals surface area (Å²) in [5, 5.41) is 0.607. The predicted molar refractivity (Wildman–Crippen MR) is 84.9 cm³/mol. The van der Waals surface area contributed by atoms with Gasteiger partial charge < -0.3 is 4.42 Å². The van der Waals surface area contributed by atoms with E-state index < -0.39 is 0 Å². The highest BCUT2D eigenvalue weighted by Crippen LogP contribution is 2.22. The molecule has 0 spiro atoms. The number of hydrogen-bond acceptors (Lipinski definition) is 3. The number of carbonyl (C=O) groups is 1. The Balaban J connectivity index is 1.97. The quantitative estimate of drug-likeness (QED) is 0.726. The molecule has 0 aliphatic heterocycles. The molecule has 2 heterocycles. The van der Waals surface area contributed by atoms with Crippen LogP contribution in [0.5, 0.6) is 0 Å². The van der Waals surface area contributed by atoms with E-state index in [9.17, 15) is 4.79 Å². The van der Waals surface area contributed by atoms with Gasteiger partial charge in [-0.15, -0.1) is 0 Å². The summed E-state index contributed by atoms with van der Waals surface area (Å²) in [5.41, 5.74) is 0.842. The smallest absolute Gasteiger partial charge is 0.295 e. The normalized spacial score (nSPS) is 10.4. The van der Waals surface area contributed by atoms with Crippen LogP contribution in [0.3, 0.4) is 0 Å². The number of pyridine rings is 1. The lowest BCUT2D eigenvalue weighted by molar-refractivity contribution is 0.0957. The van der Waals surface area contributed by atoms with Gasteiger partial charge in [-0.25, -0.2) is 4.98 Å². The monoisotopic (exact) mass is 312 g/mol. The van der Waals surface area contributed by atoms with Crippen LogP contribution in [-0.4, -0.2) is 10.9 Å². The molecular formula is C17H13ClN2O2. The average Bonchev–Trinajstić information content (AvgIpc) is 3.09. The van der Waals surface area contributed by atoms with Gasteiger partial charge in [0.2, 0.25) is 0 Å². The molecule has 0 unspecified atom stereocenters. The molecule has 22 heavy (non-hydrogen) atoms. The van der Waals surface area contributed by atoms with Crippen molar-refractivity contribution in [2.24, 2.45) is 0 Å². The lowest BCUT2D eigenvalue weighted by atomic mass is 10.2. The Hall–Kier alpha value is -2.59. The van der Waals surface area contributed by atoms with Gasteiger partial charge in [0.1, 0.15) is 5.82 Å². The van der Waals surface area contributed by atoms with Crippen molar-refractivity contribution in [1.82, 2.24) is 4.98 Å². The second-order valence-corrected chi connectivity index (χ2v) is 5.06. The van der Waals surface area contributed by atoms with Crippen molar-refractivity contribution >= 4 is 23.3 Å². The molecule has 110 valence electrons. The summed E-state index contributed by atoms with van der Waals surface area (Å²) in [6, 6.07) is 16.1. The SMILES string of the molecule is O=C(c1ccco1)N(Cc1ccccc1Cl)c1ccccn1. The van der Waals surface area contributed by atoms with Gasteiger partial charge in [-0.2, -0.15) is 0 Å². The number of nitrogens with zero attached hydrogens (tertiary/aromatic N) is 2. The number of aromatic nitrogens is 1. The summed E-state index contributed by atoms with van der Waals surface area (Å²) in [4.78, 5) is 18.5. The maximum absolute atomic E-state index is 12.7. The van der Waals surface area contributed by atoms with Crippen LogP contribution in [0.15, 0.2) is 71.5 Å². The molecule has 0 fully saturated rings. The number of anilines is 1. The first-order valence-electron chi connectivity index (χ1n) is 6.75. The zero-order valence-electron chi connectivity index (χ0n) is 11.6. The molecule has 0 saturated carbocycles. The Labute approximate surface area is 133 Å². The molecule has 1 aromatic carbocycles. The number of benzene rings is 1. The van der Waals surface area contributed by atoms with Crippen LogP contribution in [0.25, 0.3) is 0 Å². The Morgan fingerprint density at radius 1 is 1.09 bits per heavy atom. The molecule has 0 aliphatic carbocycles. The summed E-state index contributed by atoms with van der Waals surface area (Å²) >= 11 is 6.20. The molecule has 0 radical (unpaired) electrons. The molecule has 3 aromatic rings. The Morgan fingerprint density at radius 3 is 2.59 bits per heavy atom. The van der Waals surface area contributed by atoms with Crippen LogP contribution in [0.2, 0.25) is 5.02 Å². The second-order valence-electron chi connectivity index (χ2n) is 4.65. The third-order valence-corrected chi connectivity index (χ3v) is 3.56. The summed E-state index contributed by atoms with van der Waals surface area (Å²) in [7, 11) is 0. The lowest BCUT2D eigenvalue weighted by Crippen LogP contribution is -2.31. The van der Waals surface area contributed by atoms with E-state index in [4.69, 9.17) is 16.0 Å².